The van der Waals surface area contributed by atoms with Crippen LogP contribution in [0.3, 0.4) is 0 Å². The van der Waals surface area contributed by atoms with Crippen LogP contribution >= 0.6 is 0 Å². The van der Waals surface area contributed by atoms with Gasteiger partial charge in [-0.3, -0.25) is 10.1 Å². The lowest BCUT2D eigenvalue weighted by atomic mass is 10.1. The highest BCUT2D eigenvalue weighted by molar-refractivity contribution is 5.60. The van der Waals surface area contributed by atoms with Gasteiger partial charge in [0.25, 0.3) is 5.69 Å². The fourth-order valence-electron chi connectivity index (χ4n) is 2.05. The molecule has 0 N–H and O–H groups in total. The van der Waals surface area contributed by atoms with E-state index in [9.17, 15) is 10.1 Å². The van der Waals surface area contributed by atoms with Gasteiger partial charge in [-0.1, -0.05) is 47.2 Å². The lowest BCUT2D eigenvalue weighted by molar-refractivity contribution is -0.384. The van der Waals surface area contributed by atoms with E-state index in [1.807, 2.05) is 31.2 Å². The third kappa shape index (κ3) is 2.51. The Morgan fingerprint density at radius 2 is 1.81 bits per heavy atom. The second-order valence-electron chi connectivity index (χ2n) is 4.66. The first kappa shape index (κ1) is 13.0. The first-order chi connectivity index (χ1) is 10.1. The molecule has 0 aliphatic rings. The Hall–Kier alpha value is -3.02. The average Bonchev–Trinajstić information content (AvgIpc) is 2.97. The second-order valence-corrected chi connectivity index (χ2v) is 4.66. The van der Waals surface area contributed by atoms with Gasteiger partial charge in [-0.2, -0.15) is 0 Å². The minimum atomic E-state index is -0.428. The van der Waals surface area contributed by atoms with Crippen LogP contribution in [0.5, 0.6) is 0 Å². The number of nitrogens with zero attached hydrogens (tertiary/aromatic N) is 4. The number of hydrogen-bond donors (Lipinski definition) is 0. The number of rotatable bonds is 3. The summed E-state index contributed by atoms with van der Waals surface area (Å²) < 4.78 is 1.42. The van der Waals surface area contributed by atoms with Gasteiger partial charge in [0.2, 0.25) is 0 Å². The Bertz CT molecular complexity index is 793. The van der Waals surface area contributed by atoms with Gasteiger partial charge in [-0.15, -0.1) is 5.10 Å². The fraction of sp³-hybridized carbons (Fsp3) is 0.0667. The van der Waals surface area contributed by atoms with Crippen LogP contribution in [-0.4, -0.2) is 19.9 Å². The van der Waals surface area contributed by atoms with Gasteiger partial charge in [0.15, 0.2) is 0 Å². The predicted molar refractivity (Wildman–Crippen MR) is 78.2 cm³/mol. The molecule has 6 heteroatoms. The van der Waals surface area contributed by atoms with Gasteiger partial charge in [0, 0.05) is 11.6 Å². The summed E-state index contributed by atoms with van der Waals surface area (Å²) in [6.45, 7) is 2.01. The number of benzene rings is 2. The van der Waals surface area contributed by atoms with Gasteiger partial charge in [-0.25, -0.2) is 4.68 Å². The maximum absolute atomic E-state index is 11.1. The highest BCUT2D eigenvalue weighted by atomic mass is 16.6. The van der Waals surface area contributed by atoms with E-state index in [0.29, 0.717) is 11.4 Å². The molecule has 0 radical (unpaired) electrons. The van der Waals surface area contributed by atoms with Crippen molar-refractivity contribution in [1.29, 1.82) is 0 Å². The third-order valence-corrected chi connectivity index (χ3v) is 3.17. The number of nitro groups is 1. The topological polar surface area (TPSA) is 73.8 Å². The summed E-state index contributed by atoms with van der Waals surface area (Å²) in [5, 5.41) is 19.1. The summed E-state index contributed by atoms with van der Waals surface area (Å²) in [6.07, 6.45) is 1.69. The lowest BCUT2D eigenvalue weighted by Gasteiger charge is -2.00. The molecule has 3 rings (SSSR count). The van der Waals surface area contributed by atoms with Crippen LogP contribution < -0.4 is 0 Å². The Morgan fingerprint density at radius 3 is 2.52 bits per heavy atom. The van der Waals surface area contributed by atoms with Crippen molar-refractivity contribution in [1.82, 2.24) is 15.0 Å². The molecule has 1 aromatic heterocycles. The summed E-state index contributed by atoms with van der Waals surface area (Å²) in [4.78, 5) is 10.6. The molecule has 104 valence electrons. The molecule has 0 aliphatic carbocycles. The van der Waals surface area contributed by atoms with Gasteiger partial charge in [0.05, 0.1) is 11.1 Å². The van der Waals surface area contributed by atoms with E-state index in [1.165, 1.54) is 10.7 Å². The molecular weight excluding hydrogens is 268 g/mol. The minimum Gasteiger partial charge on any atom is -0.258 e. The van der Waals surface area contributed by atoms with Crippen LogP contribution in [0, 0.1) is 17.0 Å². The molecule has 6 nitrogen and oxygen atoms in total. The van der Waals surface area contributed by atoms with Crippen LogP contribution in [0.2, 0.25) is 0 Å². The highest BCUT2D eigenvalue weighted by Gasteiger charge is 2.15. The molecule has 0 aliphatic heterocycles. The van der Waals surface area contributed by atoms with Crippen molar-refractivity contribution >= 4 is 5.69 Å². The molecule has 0 saturated heterocycles. The average molecular weight is 280 g/mol. The van der Waals surface area contributed by atoms with Crippen LogP contribution in [0.15, 0.2) is 54.7 Å². The molecule has 0 amide bonds. The van der Waals surface area contributed by atoms with Crippen LogP contribution in [-0.2, 0) is 0 Å². The van der Waals surface area contributed by atoms with E-state index in [2.05, 4.69) is 10.3 Å². The number of para-hydroxylation sites is 2. The molecule has 0 atom stereocenters. The molecular formula is C15H12N4O2. The van der Waals surface area contributed by atoms with Gasteiger partial charge >= 0.3 is 0 Å². The number of nitro benzene ring substituents is 1. The van der Waals surface area contributed by atoms with Crippen molar-refractivity contribution in [2.45, 2.75) is 6.92 Å². The number of aromatic nitrogens is 3. The number of aryl methyl sites for hydroxylation is 1. The highest BCUT2D eigenvalue weighted by Crippen LogP contribution is 2.23. The largest absolute Gasteiger partial charge is 0.294 e. The predicted octanol–water partition coefficient (Wildman–Crippen LogP) is 3.15. The van der Waals surface area contributed by atoms with E-state index in [1.54, 1.807) is 24.4 Å². The second kappa shape index (κ2) is 5.16. The zero-order valence-electron chi connectivity index (χ0n) is 11.3. The fourth-order valence-corrected chi connectivity index (χ4v) is 2.05. The zero-order valence-corrected chi connectivity index (χ0v) is 11.3. The molecule has 0 spiro atoms. The van der Waals surface area contributed by atoms with Crippen molar-refractivity contribution in [3.05, 3.63) is 70.4 Å². The van der Waals surface area contributed by atoms with E-state index in [4.69, 9.17) is 0 Å². The Morgan fingerprint density at radius 1 is 1.10 bits per heavy atom. The maximum Gasteiger partial charge on any atom is 0.294 e. The van der Waals surface area contributed by atoms with E-state index in [-0.39, 0.29) is 5.69 Å². The van der Waals surface area contributed by atoms with Crippen molar-refractivity contribution in [2.24, 2.45) is 0 Å². The lowest BCUT2D eigenvalue weighted by Crippen LogP contribution is -2.00. The quantitative estimate of drug-likeness (QED) is 0.545. The maximum atomic E-state index is 11.1. The molecule has 0 bridgehead atoms. The van der Waals surface area contributed by atoms with Crippen molar-refractivity contribution < 1.29 is 4.92 Å². The summed E-state index contributed by atoms with van der Waals surface area (Å²) in [5.41, 5.74) is 3.15. The smallest absolute Gasteiger partial charge is 0.258 e. The van der Waals surface area contributed by atoms with Gasteiger partial charge in [-0.05, 0) is 13.0 Å². The molecule has 21 heavy (non-hydrogen) atoms. The summed E-state index contributed by atoms with van der Waals surface area (Å²) in [7, 11) is 0. The van der Waals surface area contributed by atoms with E-state index >= 15 is 0 Å². The molecule has 2 aromatic carbocycles. The third-order valence-electron chi connectivity index (χ3n) is 3.17. The minimum absolute atomic E-state index is 0.00199. The SMILES string of the molecule is Cc1ccc(-c2cn(-c3ccccc3[N+](=O)[O-])nn2)cc1. The Balaban J connectivity index is 2.03. The van der Waals surface area contributed by atoms with Crippen LogP contribution in [0.1, 0.15) is 5.56 Å². The zero-order chi connectivity index (χ0) is 14.8. The summed E-state index contributed by atoms with van der Waals surface area (Å²) >= 11 is 0. The van der Waals surface area contributed by atoms with Gasteiger partial charge < -0.3 is 0 Å². The molecule has 1 heterocycles. The molecule has 3 aromatic rings. The summed E-state index contributed by atoms with van der Waals surface area (Å²) in [6, 6.07) is 14.3. The molecule has 0 unspecified atom stereocenters. The van der Waals surface area contributed by atoms with Crippen molar-refractivity contribution in [3.63, 3.8) is 0 Å². The molecule has 0 saturated carbocycles. The van der Waals surface area contributed by atoms with Crippen molar-refractivity contribution in [2.75, 3.05) is 0 Å². The van der Waals surface area contributed by atoms with Gasteiger partial charge in [0.1, 0.15) is 11.4 Å². The van der Waals surface area contributed by atoms with Crippen LogP contribution in [0.25, 0.3) is 16.9 Å². The molecule has 0 fully saturated rings. The first-order valence-electron chi connectivity index (χ1n) is 6.38. The normalized spacial score (nSPS) is 10.5. The summed E-state index contributed by atoms with van der Waals surface area (Å²) in [5.74, 6) is 0. The monoisotopic (exact) mass is 280 g/mol. The Labute approximate surface area is 120 Å². The number of hydrogen-bond acceptors (Lipinski definition) is 4. The Kier molecular flexibility index (Phi) is 3.19. The first-order valence-corrected chi connectivity index (χ1v) is 6.38. The van der Waals surface area contributed by atoms with E-state index in [0.717, 1.165) is 11.1 Å². The van der Waals surface area contributed by atoms with E-state index < -0.39 is 4.92 Å². The standard InChI is InChI=1S/C15H12N4O2/c1-11-6-8-12(9-7-11)13-10-18(17-16-13)14-4-2-3-5-15(14)19(20)21/h2-10H,1H3. The van der Waals surface area contributed by atoms with Crippen LogP contribution in [0.4, 0.5) is 5.69 Å². The van der Waals surface area contributed by atoms with Crippen molar-refractivity contribution in [3.8, 4) is 16.9 Å².